The molecule has 0 amide bonds. The van der Waals surface area contributed by atoms with Crippen LogP contribution in [0.3, 0.4) is 0 Å². The molecule has 1 atom stereocenters. The Balaban J connectivity index is 3.35. The minimum absolute atomic E-state index is 0.0582. The maximum absolute atomic E-state index is 12.3. The smallest absolute Gasteiger partial charge is 0.306 e. The van der Waals surface area contributed by atoms with Crippen LogP contribution >= 0.6 is 0 Å². The summed E-state index contributed by atoms with van der Waals surface area (Å²) in [5.41, 5.74) is 0. The number of esters is 2. The third-order valence-electron chi connectivity index (χ3n) is 13.0. The van der Waals surface area contributed by atoms with Gasteiger partial charge in [0.1, 0.15) is 6.61 Å². The quantitative estimate of drug-likeness (QED) is 0.0374. The van der Waals surface area contributed by atoms with Crippen molar-refractivity contribution < 1.29 is 24.2 Å². The maximum Gasteiger partial charge on any atom is 0.306 e. The van der Waals surface area contributed by atoms with Crippen molar-refractivity contribution in [3.63, 3.8) is 0 Å². The predicted octanol–water partition coefficient (Wildman–Crippen LogP) is 18.9. The lowest BCUT2D eigenvalue weighted by Gasteiger charge is -2.15. The summed E-state index contributed by atoms with van der Waals surface area (Å²) in [6, 6.07) is 0. The Morgan fingerprint density at radius 3 is 0.937 bits per heavy atom. The van der Waals surface area contributed by atoms with E-state index in [1.807, 2.05) is 0 Å². The van der Waals surface area contributed by atoms with E-state index in [0.29, 0.717) is 12.8 Å². The van der Waals surface area contributed by atoms with Gasteiger partial charge in [0.25, 0.3) is 0 Å². The van der Waals surface area contributed by atoms with Gasteiger partial charge in [-0.3, -0.25) is 9.59 Å². The molecule has 63 heavy (non-hydrogen) atoms. The average Bonchev–Trinajstić information content (AvgIpc) is 3.29. The van der Waals surface area contributed by atoms with Gasteiger partial charge in [-0.05, 0) is 44.9 Å². The summed E-state index contributed by atoms with van der Waals surface area (Å²) in [5.74, 6) is -0.572. The van der Waals surface area contributed by atoms with Gasteiger partial charge in [0, 0.05) is 12.8 Å². The van der Waals surface area contributed by atoms with Gasteiger partial charge in [-0.1, -0.05) is 282 Å². The van der Waals surface area contributed by atoms with E-state index >= 15 is 0 Å². The summed E-state index contributed by atoms with van der Waals surface area (Å²) in [6.45, 7) is 4.16. The van der Waals surface area contributed by atoms with E-state index in [4.69, 9.17) is 9.47 Å². The molecule has 0 radical (unpaired) electrons. The molecule has 0 aliphatic rings. The number of carbonyl (C=O) groups is 2. The van der Waals surface area contributed by atoms with Crippen molar-refractivity contribution in [1.82, 2.24) is 0 Å². The van der Waals surface area contributed by atoms with Gasteiger partial charge in [0.05, 0.1) is 6.61 Å². The Kier molecular flexibility index (Phi) is 53.3. The highest BCUT2D eigenvalue weighted by Gasteiger charge is 2.16. The first-order valence-corrected chi connectivity index (χ1v) is 28.4. The van der Waals surface area contributed by atoms with Gasteiger partial charge in [0.2, 0.25) is 0 Å². The molecule has 0 aromatic heterocycles. The molecule has 0 saturated heterocycles. The van der Waals surface area contributed by atoms with E-state index in [-0.39, 0.29) is 25.2 Å². The van der Waals surface area contributed by atoms with Crippen LogP contribution in [0, 0.1) is 0 Å². The maximum atomic E-state index is 12.3. The number of aliphatic hydroxyl groups is 1. The standard InChI is InChI=1S/C58H110O5/c1-3-5-7-9-11-13-15-17-18-19-20-21-22-23-24-25-26-27-28-29-30-31-32-33-34-35-36-37-38-39-40-41-43-45-47-49-51-53-58(61)63-56(54-59)55-62-57(60)52-50-48-46-44-42-16-14-12-10-8-6-4-2/h15,17,19-20,56,59H,3-14,16,18,21-55H2,1-2H3/b17-15-,20-19-. The second-order valence-corrected chi connectivity index (χ2v) is 19.4. The molecule has 0 rings (SSSR count). The zero-order valence-corrected chi connectivity index (χ0v) is 42.6. The third kappa shape index (κ3) is 52.9. The number of rotatable bonds is 53. The van der Waals surface area contributed by atoms with Crippen molar-refractivity contribution in [3.8, 4) is 0 Å². The van der Waals surface area contributed by atoms with Crippen molar-refractivity contribution in [2.45, 2.75) is 322 Å². The summed E-state index contributed by atoms with van der Waals surface area (Å²) in [5, 5.41) is 9.61. The van der Waals surface area contributed by atoms with Crippen LogP contribution in [0.1, 0.15) is 316 Å². The van der Waals surface area contributed by atoms with Gasteiger partial charge in [-0.2, -0.15) is 0 Å². The molecule has 5 nitrogen and oxygen atoms in total. The fourth-order valence-electron chi connectivity index (χ4n) is 8.71. The topological polar surface area (TPSA) is 72.8 Å². The Bertz CT molecular complexity index is 959. The third-order valence-corrected chi connectivity index (χ3v) is 13.0. The summed E-state index contributed by atoms with van der Waals surface area (Å²) >= 11 is 0. The molecule has 0 fully saturated rings. The van der Waals surface area contributed by atoms with Gasteiger partial charge in [-0.15, -0.1) is 0 Å². The molecule has 1 N–H and O–H groups in total. The van der Waals surface area contributed by atoms with E-state index in [2.05, 4.69) is 38.2 Å². The SMILES string of the molecule is CCCCCCC/C=C\C/C=C\CCCCCCCCCCCCCCCCCCCCCCCCCCCC(=O)OC(CO)COC(=O)CCCCCCCCCCCCCC. The zero-order valence-electron chi connectivity index (χ0n) is 42.6. The normalized spacial score (nSPS) is 12.2. The Hall–Kier alpha value is -1.62. The van der Waals surface area contributed by atoms with Crippen LogP contribution < -0.4 is 0 Å². The number of ether oxygens (including phenoxy) is 2. The number of aliphatic hydroxyl groups excluding tert-OH is 1. The average molecular weight is 888 g/mol. The van der Waals surface area contributed by atoms with Crippen LogP contribution in [-0.4, -0.2) is 36.4 Å². The number of hydrogen-bond donors (Lipinski definition) is 1. The van der Waals surface area contributed by atoms with Gasteiger partial charge in [-0.25, -0.2) is 0 Å². The largest absolute Gasteiger partial charge is 0.462 e. The van der Waals surface area contributed by atoms with Gasteiger partial charge >= 0.3 is 11.9 Å². The molecular weight excluding hydrogens is 777 g/mol. The molecule has 1 unspecified atom stereocenters. The minimum Gasteiger partial charge on any atom is -0.462 e. The second kappa shape index (κ2) is 54.7. The highest BCUT2D eigenvalue weighted by atomic mass is 16.6. The molecule has 0 spiro atoms. The van der Waals surface area contributed by atoms with Crippen molar-refractivity contribution in [2.24, 2.45) is 0 Å². The van der Waals surface area contributed by atoms with Crippen molar-refractivity contribution in [1.29, 1.82) is 0 Å². The summed E-state index contributed by atoms with van der Waals surface area (Å²) < 4.78 is 10.7. The van der Waals surface area contributed by atoms with Crippen LogP contribution in [0.25, 0.3) is 0 Å². The van der Waals surface area contributed by atoms with Crippen LogP contribution in [0.2, 0.25) is 0 Å². The molecular formula is C58H110O5. The van der Waals surface area contributed by atoms with Crippen LogP contribution in [0.4, 0.5) is 0 Å². The number of carbonyl (C=O) groups excluding carboxylic acids is 2. The van der Waals surface area contributed by atoms with Crippen LogP contribution in [0.5, 0.6) is 0 Å². The lowest BCUT2D eigenvalue weighted by atomic mass is 10.0. The van der Waals surface area contributed by atoms with E-state index in [1.165, 1.54) is 250 Å². The number of unbranched alkanes of at least 4 members (excludes halogenated alkanes) is 41. The molecule has 0 saturated carbocycles. The van der Waals surface area contributed by atoms with E-state index < -0.39 is 6.10 Å². The molecule has 0 aliphatic heterocycles. The van der Waals surface area contributed by atoms with Crippen LogP contribution in [0.15, 0.2) is 24.3 Å². The second-order valence-electron chi connectivity index (χ2n) is 19.4. The molecule has 0 aliphatic carbocycles. The molecule has 0 bridgehead atoms. The van der Waals surface area contributed by atoms with Crippen LogP contribution in [-0.2, 0) is 19.1 Å². The molecule has 5 heteroatoms. The number of allylic oxidation sites excluding steroid dienone is 4. The lowest BCUT2D eigenvalue weighted by molar-refractivity contribution is -0.161. The summed E-state index contributed by atoms with van der Waals surface area (Å²) in [7, 11) is 0. The Morgan fingerprint density at radius 2 is 0.635 bits per heavy atom. The molecule has 372 valence electrons. The zero-order chi connectivity index (χ0) is 45.6. The fourth-order valence-corrected chi connectivity index (χ4v) is 8.71. The molecule has 0 heterocycles. The van der Waals surface area contributed by atoms with Crippen molar-refractivity contribution in [3.05, 3.63) is 24.3 Å². The van der Waals surface area contributed by atoms with Crippen molar-refractivity contribution in [2.75, 3.05) is 13.2 Å². The highest BCUT2D eigenvalue weighted by molar-refractivity contribution is 5.70. The van der Waals surface area contributed by atoms with E-state index in [9.17, 15) is 14.7 Å². The first-order valence-electron chi connectivity index (χ1n) is 28.4. The summed E-state index contributed by atoms with van der Waals surface area (Å²) in [6.07, 6.45) is 68.9. The lowest BCUT2D eigenvalue weighted by Crippen LogP contribution is -2.28. The molecule has 0 aromatic rings. The monoisotopic (exact) mass is 887 g/mol. The minimum atomic E-state index is -0.765. The molecule has 0 aromatic carbocycles. The first-order chi connectivity index (χ1) is 31.1. The first kappa shape index (κ1) is 61.4. The summed E-state index contributed by atoms with van der Waals surface area (Å²) in [4.78, 5) is 24.4. The number of hydrogen-bond acceptors (Lipinski definition) is 5. The van der Waals surface area contributed by atoms with Gasteiger partial charge in [0.15, 0.2) is 6.10 Å². The van der Waals surface area contributed by atoms with E-state index in [1.54, 1.807) is 0 Å². The van der Waals surface area contributed by atoms with Gasteiger partial charge < -0.3 is 14.6 Å². The Labute approximate surface area is 394 Å². The Morgan fingerprint density at radius 1 is 0.365 bits per heavy atom. The van der Waals surface area contributed by atoms with Crippen molar-refractivity contribution >= 4 is 11.9 Å². The fraction of sp³-hybridized carbons (Fsp3) is 0.897. The highest BCUT2D eigenvalue weighted by Crippen LogP contribution is 2.17. The predicted molar refractivity (Wildman–Crippen MR) is 275 cm³/mol. The van der Waals surface area contributed by atoms with E-state index in [0.717, 1.165) is 38.5 Å².